The summed E-state index contributed by atoms with van der Waals surface area (Å²) in [7, 11) is 0. The number of amides is 1. The zero-order valence-corrected chi connectivity index (χ0v) is 10.7. The molecule has 1 aliphatic rings. The Balaban J connectivity index is 1.77. The van der Waals surface area contributed by atoms with E-state index < -0.39 is 0 Å². The van der Waals surface area contributed by atoms with Crippen molar-refractivity contribution in [1.29, 1.82) is 0 Å². The third kappa shape index (κ3) is 3.93. The molecule has 0 spiro atoms. The summed E-state index contributed by atoms with van der Waals surface area (Å²) in [5.74, 6) is 0.732. The number of aryl methyl sites for hydroxylation is 1. The van der Waals surface area contributed by atoms with Crippen LogP contribution >= 0.6 is 11.6 Å². The molecule has 1 saturated carbocycles. The molecule has 0 aliphatic heterocycles. The smallest absolute Gasteiger partial charge is 0.239 e. The Morgan fingerprint density at radius 2 is 2.24 bits per heavy atom. The molecule has 1 aromatic rings. The van der Waals surface area contributed by atoms with Gasteiger partial charge in [0.15, 0.2) is 0 Å². The number of carbonyl (C=O) groups is 1. The second kappa shape index (κ2) is 5.41. The number of halogens is 1. The van der Waals surface area contributed by atoms with Gasteiger partial charge in [0.1, 0.15) is 0 Å². The third-order valence-corrected chi connectivity index (χ3v) is 3.16. The molecule has 17 heavy (non-hydrogen) atoms. The average molecular weight is 253 g/mol. The lowest BCUT2D eigenvalue weighted by Gasteiger charge is -2.09. The number of rotatable bonds is 5. The lowest BCUT2D eigenvalue weighted by atomic mass is 10.2. The van der Waals surface area contributed by atoms with Gasteiger partial charge in [-0.1, -0.05) is 17.7 Å². The lowest BCUT2D eigenvalue weighted by Crippen LogP contribution is -2.31. The van der Waals surface area contributed by atoms with Gasteiger partial charge in [0.25, 0.3) is 0 Å². The first kappa shape index (κ1) is 12.2. The maximum Gasteiger partial charge on any atom is 0.239 e. The Bertz CT molecular complexity index is 416. The van der Waals surface area contributed by atoms with Gasteiger partial charge in [0.2, 0.25) is 5.91 Å². The summed E-state index contributed by atoms with van der Waals surface area (Å²) in [4.78, 5) is 11.5. The van der Waals surface area contributed by atoms with E-state index in [-0.39, 0.29) is 12.5 Å². The van der Waals surface area contributed by atoms with Gasteiger partial charge < -0.3 is 10.6 Å². The first-order valence-corrected chi connectivity index (χ1v) is 6.29. The van der Waals surface area contributed by atoms with Crippen molar-refractivity contribution < 1.29 is 4.79 Å². The van der Waals surface area contributed by atoms with Crippen LogP contribution in [0.2, 0.25) is 5.02 Å². The molecule has 92 valence electrons. The number of carbonyl (C=O) groups excluding carboxylic acids is 1. The van der Waals surface area contributed by atoms with Crippen LogP contribution in [0, 0.1) is 12.8 Å². The van der Waals surface area contributed by atoms with Crippen molar-refractivity contribution in [3.8, 4) is 0 Å². The Morgan fingerprint density at radius 3 is 2.88 bits per heavy atom. The molecule has 1 amide bonds. The molecule has 0 heterocycles. The number of hydrogen-bond donors (Lipinski definition) is 2. The predicted molar refractivity (Wildman–Crippen MR) is 70.4 cm³/mol. The van der Waals surface area contributed by atoms with Gasteiger partial charge in [-0.25, -0.2) is 0 Å². The monoisotopic (exact) mass is 252 g/mol. The SMILES string of the molecule is Cc1ccc(NCC(=O)NCC2CC2)c(Cl)c1. The molecule has 4 heteroatoms. The van der Waals surface area contributed by atoms with Crippen LogP contribution in [0.1, 0.15) is 18.4 Å². The summed E-state index contributed by atoms with van der Waals surface area (Å²) >= 11 is 6.06. The van der Waals surface area contributed by atoms with E-state index >= 15 is 0 Å². The molecule has 1 aliphatic carbocycles. The van der Waals surface area contributed by atoms with E-state index in [4.69, 9.17) is 11.6 Å². The summed E-state index contributed by atoms with van der Waals surface area (Å²) in [6, 6.07) is 5.74. The van der Waals surface area contributed by atoms with Crippen LogP contribution in [-0.2, 0) is 4.79 Å². The topological polar surface area (TPSA) is 41.1 Å². The van der Waals surface area contributed by atoms with E-state index in [2.05, 4.69) is 10.6 Å². The number of nitrogens with one attached hydrogen (secondary N) is 2. The highest BCUT2D eigenvalue weighted by molar-refractivity contribution is 6.33. The number of anilines is 1. The Hall–Kier alpha value is -1.22. The van der Waals surface area contributed by atoms with E-state index in [1.54, 1.807) is 0 Å². The molecule has 0 aromatic heterocycles. The van der Waals surface area contributed by atoms with Gasteiger partial charge in [-0.2, -0.15) is 0 Å². The van der Waals surface area contributed by atoms with E-state index in [0.29, 0.717) is 10.9 Å². The molecule has 0 saturated heterocycles. The average Bonchev–Trinajstić information content (AvgIpc) is 3.09. The molecular formula is C13H17ClN2O. The fourth-order valence-electron chi connectivity index (χ4n) is 1.58. The maximum atomic E-state index is 11.5. The van der Waals surface area contributed by atoms with Crippen LogP contribution < -0.4 is 10.6 Å². The molecule has 2 N–H and O–H groups in total. The van der Waals surface area contributed by atoms with Crippen molar-refractivity contribution in [2.75, 3.05) is 18.4 Å². The molecule has 2 rings (SSSR count). The van der Waals surface area contributed by atoms with Crippen LogP contribution in [0.25, 0.3) is 0 Å². The Morgan fingerprint density at radius 1 is 1.47 bits per heavy atom. The predicted octanol–water partition coefficient (Wildman–Crippen LogP) is 2.59. The van der Waals surface area contributed by atoms with Gasteiger partial charge >= 0.3 is 0 Å². The molecule has 0 unspecified atom stereocenters. The van der Waals surface area contributed by atoms with Crippen molar-refractivity contribution in [3.63, 3.8) is 0 Å². The van der Waals surface area contributed by atoms with Crippen molar-refractivity contribution in [3.05, 3.63) is 28.8 Å². The minimum atomic E-state index is 0.0218. The molecule has 1 aromatic carbocycles. The second-order valence-electron chi connectivity index (χ2n) is 4.58. The van der Waals surface area contributed by atoms with Crippen molar-refractivity contribution in [2.45, 2.75) is 19.8 Å². The first-order valence-electron chi connectivity index (χ1n) is 5.92. The summed E-state index contributed by atoms with van der Waals surface area (Å²) in [6.07, 6.45) is 2.50. The normalized spacial score (nSPS) is 14.5. The van der Waals surface area contributed by atoms with Crippen LogP contribution in [0.15, 0.2) is 18.2 Å². The molecular weight excluding hydrogens is 236 g/mol. The molecule has 3 nitrogen and oxygen atoms in total. The summed E-state index contributed by atoms with van der Waals surface area (Å²) in [5, 5.41) is 6.59. The summed E-state index contributed by atoms with van der Waals surface area (Å²) in [6.45, 7) is 3.07. The first-order chi connectivity index (χ1) is 8.15. The highest BCUT2D eigenvalue weighted by atomic mass is 35.5. The minimum absolute atomic E-state index is 0.0218. The standard InChI is InChI=1S/C13H17ClN2O/c1-9-2-5-12(11(14)6-9)15-8-13(17)16-7-10-3-4-10/h2,5-6,10,15H,3-4,7-8H2,1H3,(H,16,17). The lowest BCUT2D eigenvalue weighted by molar-refractivity contribution is -0.119. The number of benzene rings is 1. The van der Waals surface area contributed by atoms with Gasteiger partial charge in [-0.05, 0) is 43.4 Å². The van der Waals surface area contributed by atoms with Crippen molar-refractivity contribution in [1.82, 2.24) is 5.32 Å². The third-order valence-electron chi connectivity index (χ3n) is 2.85. The van der Waals surface area contributed by atoms with Crippen molar-refractivity contribution in [2.24, 2.45) is 5.92 Å². The molecule has 0 radical (unpaired) electrons. The highest BCUT2D eigenvalue weighted by Gasteiger charge is 2.21. The van der Waals surface area contributed by atoms with Crippen LogP contribution in [-0.4, -0.2) is 19.0 Å². The van der Waals surface area contributed by atoms with E-state index in [1.807, 2.05) is 25.1 Å². The largest absolute Gasteiger partial charge is 0.375 e. The Kier molecular flexibility index (Phi) is 3.89. The van der Waals surface area contributed by atoms with Gasteiger partial charge in [-0.3, -0.25) is 4.79 Å². The highest BCUT2D eigenvalue weighted by Crippen LogP contribution is 2.27. The van der Waals surface area contributed by atoms with Gasteiger partial charge in [0.05, 0.1) is 17.3 Å². The Labute approximate surface area is 107 Å². The fraction of sp³-hybridized carbons (Fsp3) is 0.462. The number of hydrogen-bond acceptors (Lipinski definition) is 2. The van der Waals surface area contributed by atoms with Crippen molar-refractivity contribution >= 4 is 23.2 Å². The van der Waals surface area contributed by atoms with Crippen LogP contribution in [0.3, 0.4) is 0 Å². The van der Waals surface area contributed by atoms with Gasteiger partial charge in [0, 0.05) is 6.54 Å². The van der Waals surface area contributed by atoms with E-state index in [0.717, 1.165) is 17.8 Å². The summed E-state index contributed by atoms with van der Waals surface area (Å²) in [5.41, 5.74) is 1.91. The molecule has 1 fully saturated rings. The van der Waals surface area contributed by atoms with Crippen LogP contribution in [0.5, 0.6) is 0 Å². The van der Waals surface area contributed by atoms with Gasteiger partial charge in [-0.15, -0.1) is 0 Å². The minimum Gasteiger partial charge on any atom is -0.375 e. The summed E-state index contributed by atoms with van der Waals surface area (Å²) < 4.78 is 0. The fourth-order valence-corrected chi connectivity index (χ4v) is 1.88. The zero-order valence-electron chi connectivity index (χ0n) is 9.92. The molecule has 0 bridgehead atoms. The second-order valence-corrected chi connectivity index (χ2v) is 4.99. The van der Waals surface area contributed by atoms with E-state index in [1.165, 1.54) is 12.8 Å². The zero-order chi connectivity index (χ0) is 12.3. The quantitative estimate of drug-likeness (QED) is 0.846. The maximum absolute atomic E-state index is 11.5. The van der Waals surface area contributed by atoms with E-state index in [9.17, 15) is 4.79 Å². The van der Waals surface area contributed by atoms with Crippen LogP contribution in [0.4, 0.5) is 5.69 Å². The molecule has 0 atom stereocenters.